The fraction of sp³-hybridized carbons (Fsp3) is 0.450. The molecule has 7 nitrogen and oxygen atoms in total. The van der Waals surface area contributed by atoms with Gasteiger partial charge in [-0.3, -0.25) is 15.0 Å². The second kappa shape index (κ2) is 8.81. The van der Waals surface area contributed by atoms with Crippen LogP contribution in [-0.2, 0) is 0 Å². The third-order valence-electron chi connectivity index (χ3n) is 5.07. The standard InChI is InChI=1S/C20H26N4O3/c1-15-12-17(24(25)26)13-21-20(15)22-14-19(23-10-4-3-5-11-23)16-6-8-18(27-2)9-7-16/h6-9,12-13,19H,3-5,10-11,14H2,1-2H3,(H,21,22). The van der Waals surface area contributed by atoms with Crippen LogP contribution < -0.4 is 10.1 Å². The number of ether oxygens (including phenoxy) is 1. The molecule has 1 fully saturated rings. The predicted octanol–water partition coefficient (Wildman–Crippen LogP) is 3.95. The number of piperidine rings is 1. The maximum atomic E-state index is 10.9. The topological polar surface area (TPSA) is 80.5 Å². The number of nitrogens with zero attached hydrogens (tertiary/aromatic N) is 3. The smallest absolute Gasteiger partial charge is 0.287 e. The fourth-order valence-electron chi connectivity index (χ4n) is 3.55. The summed E-state index contributed by atoms with van der Waals surface area (Å²) in [5, 5.41) is 14.3. The Bertz CT molecular complexity index is 773. The molecule has 1 aromatic heterocycles. The van der Waals surface area contributed by atoms with E-state index in [-0.39, 0.29) is 11.7 Å². The van der Waals surface area contributed by atoms with Crippen molar-refractivity contribution in [2.75, 3.05) is 32.1 Å². The molecular weight excluding hydrogens is 344 g/mol. The maximum Gasteiger partial charge on any atom is 0.287 e. The molecule has 0 aliphatic carbocycles. The average Bonchev–Trinajstić information content (AvgIpc) is 2.70. The van der Waals surface area contributed by atoms with Crippen molar-refractivity contribution in [2.45, 2.75) is 32.2 Å². The monoisotopic (exact) mass is 370 g/mol. The Hall–Kier alpha value is -2.67. The molecule has 0 saturated carbocycles. The summed E-state index contributed by atoms with van der Waals surface area (Å²) in [4.78, 5) is 17.2. The van der Waals surface area contributed by atoms with E-state index in [0.29, 0.717) is 12.4 Å². The molecule has 0 amide bonds. The summed E-state index contributed by atoms with van der Waals surface area (Å²) in [5.41, 5.74) is 2.02. The van der Waals surface area contributed by atoms with E-state index in [1.165, 1.54) is 31.0 Å². The summed E-state index contributed by atoms with van der Waals surface area (Å²) >= 11 is 0. The van der Waals surface area contributed by atoms with Gasteiger partial charge in [0.15, 0.2) is 0 Å². The van der Waals surface area contributed by atoms with E-state index in [9.17, 15) is 10.1 Å². The Morgan fingerprint density at radius 3 is 2.56 bits per heavy atom. The van der Waals surface area contributed by atoms with Crippen LogP contribution in [0, 0.1) is 17.0 Å². The Morgan fingerprint density at radius 1 is 1.26 bits per heavy atom. The molecule has 1 N–H and O–H groups in total. The van der Waals surface area contributed by atoms with Crippen molar-refractivity contribution in [3.63, 3.8) is 0 Å². The molecule has 7 heteroatoms. The van der Waals surface area contributed by atoms with E-state index in [0.717, 1.165) is 24.4 Å². The van der Waals surface area contributed by atoms with E-state index in [2.05, 4.69) is 27.3 Å². The lowest BCUT2D eigenvalue weighted by molar-refractivity contribution is -0.385. The van der Waals surface area contributed by atoms with Gasteiger partial charge in [0.1, 0.15) is 17.8 Å². The zero-order valence-electron chi connectivity index (χ0n) is 15.9. The van der Waals surface area contributed by atoms with Crippen LogP contribution in [-0.4, -0.2) is 41.6 Å². The number of likely N-dealkylation sites (tertiary alicyclic amines) is 1. The summed E-state index contributed by atoms with van der Waals surface area (Å²) in [5.74, 6) is 1.54. The molecular formula is C20H26N4O3. The fourth-order valence-corrected chi connectivity index (χ4v) is 3.55. The van der Waals surface area contributed by atoms with Crippen molar-refractivity contribution in [2.24, 2.45) is 0 Å². The summed E-state index contributed by atoms with van der Waals surface area (Å²) in [7, 11) is 1.67. The van der Waals surface area contributed by atoms with E-state index < -0.39 is 4.92 Å². The number of nitro groups is 1. The molecule has 144 valence electrons. The van der Waals surface area contributed by atoms with E-state index >= 15 is 0 Å². The maximum absolute atomic E-state index is 10.9. The number of hydrogen-bond acceptors (Lipinski definition) is 6. The highest BCUT2D eigenvalue weighted by Crippen LogP contribution is 2.27. The molecule has 27 heavy (non-hydrogen) atoms. The second-order valence-corrected chi connectivity index (χ2v) is 6.88. The van der Waals surface area contributed by atoms with Crippen LogP contribution >= 0.6 is 0 Å². The summed E-state index contributed by atoms with van der Waals surface area (Å²) < 4.78 is 5.28. The number of aryl methyl sites for hydroxylation is 1. The first-order valence-corrected chi connectivity index (χ1v) is 9.31. The third-order valence-corrected chi connectivity index (χ3v) is 5.07. The summed E-state index contributed by atoms with van der Waals surface area (Å²) in [6.07, 6.45) is 5.00. The molecule has 0 bridgehead atoms. The van der Waals surface area contributed by atoms with Gasteiger partial charge in [-0.15, -0.1) is 0 Å². The van der Waals surface area contributed by atoms with Crippen molar-refractivity contribution in [1.82, 2.24) is 9.88 Å². The van der Waals surface area contributed by atoms with Crippen LogP contribution in [0.15, 0.2) is 36.5 Å². The molecule has 0 radical (unpaired) electrons. The zero-order chi connectivity index (χ0) is 19.2. The SMILES string of the molecule is COc1ccc(C(CNc2ncc([N+](=O)[O-])cc2C)N2CCCCC2)cc1. The van der Waals surface area contributed by atoms with E-state index in [1.807, 2.05) is 19.1 Å². The number of rotatable bonds is 7. The van der Waals surface area contributed by atoms with Gasteiger partial charge >= 0.3 is 0 Å². The number of nitrogens with one attached hydrogen (secondary N) is 1. The minimum absolute atomic E-state index is 0.0146. The quantitative estimate of drug-likeness (QED) is 0.587. The van der Waals surface area contributed by atoms with Gasteiger partial charge in [-0.2, -0.15) is 0 Å². The minimum Gasteiger partial charge on any atom is -0.497 e. The van der Waals surface area contributed by atoms with Crippen molar-refractivity contribution < 1.29 is 9.66 Å². The van der Waals surface area contributed by atoms with Crippen LogP contribution in [0.5, 0.6) is 5.75 Å². The summed E-state index contributed by atoms with van der Waals surface area (Å²) in [6, 6.07) is 9.96. The van der Waals surface area contributed by atoms with E-state index in [1.54, 1.807) is 13.2 Å². The van der Waals surface area contributed by atoms with Gasteiger partial charge in [-0.1, -0.05) is 18.6 Å². The van der Waals surface area contributed by atoms with Crippen molar-refractivity contribution in [1.29, 1.82) is 0 Å². The van der Waals surface area contributed by atoms with Gasteiger partial charge in [0.2, 0.25) is 0 Å². The Morgan fingerprint density at radius 2 is 1.96 bits per heavy atom. The zero-order valence-corrected chi connectivity index (χ0v) is 15.9. The van der Waals surface area contributed by atoms with Crippen molar-refractivity contribution in [3.8, 4) is 5.75 Å². The Labute approximate surface area is 159 Å². The summed E-state index contributed by atoms with van der Waals surface area (Å²) in [6.45, 7) is 4.68. The number of benzene rings is 1. The highest BCUT2D eigenvalue weighted by atomic mass is 16.6. The molecule has 1 aliphatic heterocycles. The number of methoxy groups -OCH3 is 1. The van der Waals surface area contributed by atoms with Gasteiger partial charge in [0.25, 0.3) is 5.69 Å². The molecule has 1 aliphatic rings. The van der Waals surface area contributed by atoms with Gasteiger partial charge in [-0.05, 0) is 56.1 Å². The number of anilines is 1. The molecule has 2 aromatic rings. The van der Waals surface area contributed by atoms with Gasteiger partial charge in [0, 0.05) is 12.6 Å². The largest absolute Gasteiger partial charge is 0.497 e. The molecule has 0 spiro atoms. The first kappa shape index (κ1) is 19.1. The normalized spacial score (nSPS) is 15.9. The Balaban J connectivity index is 1.77. The van der Waals surface area contributed by atoms with Crippen molar-refractivity contribution in [3.05, 3.63) is 57.8 Å². The molecule has 2 heterocycles. The van der Waals surface area contributed by atoms with Crippen LogP contribution in [0.25, 0.3) is 0 Å². The second-order valence-electron chi connectivity index (χ2n) is 6.88. The molecule has 1 aromatic carbocycles. The van der Waals surface area contributed by atoms with Crippen LogP contribution in [0.4, 0.5) is 11.5 Å². The lowest BCUT2D eigenvalue weighted by Gasteiger charge is -2.35. The number of pyridine rings is 1. The molecule has 1 saturated heterocycles. The van der Waals surface area contributed by atoms with Gasteiger partial charge in [0.05, 0.1) is 18.1 Å². The first-order valence-electron chi connectivity index (χ1n) is 9.31. The van der Waals surface area contributed by atoms with E-state index in [4.69, 9.17) is 4.74 Å². The van der Waals surface area contributed by atoms with Gasteiger partial charge < -0.3 is 10.1 Å². The lowest BCUT2D eigenvalue weighted by atomic mass is 10.0. The van der Waals surface area contributed by atoms with Crippen LogP contribution in [0.3, 0.4) is 0 Å². The molecule has 3 rings (SSSR count). The average molecular weight is 370 g/mol. The molecule has 1 unspecified atom stereocenters. The minimum atomic E-state index is -0.419. The number of hydrogen-bond donors (Lipinski definition) is 1. The van der Waals surface area contributed by atoms with Crippen molar-refractivity contribution >= 4 is 11.5 Å². The number of aromatic nitrogens is 1. The van der Waals surface area contributed by atoms with Crippen LogP contribution in [0.2, 0.25) is 0 Å². The third kappa shape index (κ3) is 4.74. The Kier molecular flexibility index (Phi) is 6.24. The molecule has 1 atom stereocenters. The lowest BCUT2D eigenvalue weighted by Crippen LogP contribution is -2.37. The first-order chi connectivity index (χ1) is 13.1. The predicted molar refractivity (Wildman–Crippen MR) is 105 cm³/mol. The van der Waals surface area contributed by atoms with Crippen LogP contribution in [0.1, 0.15) is 36.4 Å². The van der Waals surface area contributed by atoms with Gasteiger partial charge in [-0.25, -0.2) is 4.98 Å². The highest BCUT2D eigenvalue weighted by molar-refractivity contribution is 5.48. The highest BCUT2D eigenvalue weighted by Gasteiger charge is 2.23.